The number of carbonyl (C=O) groups excluding carboxylic acids is 1. The van der Waals surface area contributed by atoms with Gasteiger partial charge in [0, 0.05) is 69.0 Å². The summed E-state index contributed by atoms with van der Waals surface area (Å²) in [6.45, 7) is 5.24. The Kier molecular flexibility index (Phi) is 5.65. The molecule has 0 bridgehead atoms. The Morgan fingerprint density at radius 3 is 2.04 bits per heavy atom. The minimum Gasteiger partial charge on any atom is -0.497 e. The highest BCUT2D eigenvalue weighted by molar-refractivity contribution is 5.79. The second-order valence-electron chi connectivity index (χ2n) is 7.48. The van der Waals surface area contributed by atoms with Gasteiger partial charge in [-0.1, -0.05) is 0 Å². The molecule has 0 N–H and O–H groups in total. The van der Waals surface area contributed by atoms with E-state index in [1.807, 2.05) is 36.7 Å². The zero-order chi connectivity index (χ0) is 19.3. The van der Waals surface area contributed by atoms with Gasteiger partial charge in [0.2, 0.25) is 5.91 Å². The summed E-state index contributed by atoms with van der Waals surface area (Å²) in [5, 5.41) is 0. The number of piperidine rings is 1. The van der Waals surface area contributed by atoms with Crippen LogP contribution in [0.1, 0.15) is 12.8 Å². The minimum atomic E-state index is 0.158. The van der Waals surface area contributed by atoms with E-state index in [0.29, 0.717) is 5.91 Å². The van der Waals surface area contributed by atoms with E-state index in [-0.39, 0.29) is 5.92 Å². The van der Waals surface area contributed by atoms with Crippen LogP contribution in [0, 0.1) is 5.92 Å². The number of rotatable bonds is 4. The summed E-state index contributed by atoms with van der Waals surface area (Å²) in [7, 11) is 1.68. The van der Waals surface area contributed by atoms with Gasteiger partial charge in [-0.3, -0.25) is 9.78 Å². The Balaban J connectivity index is 1.27. The van der Waals surface area contributed by atoms with Crippen LogP contribution in [0.2, 0.25) is 0 Å². The SMILES string of the molecule is COc1ccc(N2CCN(C(=O)C3CCN(c4ccncc4)CC3)CC2)cc1. The molecule has 0 unspecified atom stereocenters. The fraction of sp³-hybridized carbons (Fsp3) is 0.455. The molecule has 6 nitrogen and oxygen atoms in total. The fourth-order valence-corrected chi connectivity index (χ4v) is 4.18. The van der Waals surface area contributed by atoms with E-state index >= 15 is 0 Å². The van der Waals surface area contributed by atoms with Gasteiger partial charge in [-0.25, -0.2) is 0 Å². The first-order valence-corrected chi connectivity index (χ1v) is 10.1. The van der Waals surface area contributed by atoms with Gasteiger partial charge >= 0.3 is 0 Å². The molecule has 0 saturated carbocycles. The zero-order valence-electron chi connectivity index (χ0n) is 16.5. The van der Waals surface area contributed by atoms with Crippen LogP contribution >= 0.6 is 0 Å². The van der Waals surface area contributed by atoms with Gasteiger partial charge in [-0.2, -0.15) is 0 Å². The third-order valence-electron chi connectivity index (χ3n) is 5.90. The van der Waals surface area contributed by atoms with Gasteiger partial charge in [-0.15, -0.1) is 0 Å². The maximum Gasteiger partial charge on any atom is 0.225 e. The van der Waals surface area contributed by atoms with E-state index in [1.54, 1.807) is 7.11 Å². The van der Waals surface area contributed by atoms with Crippen molar-refractivity contribution in [3.05, 3.63) is 48.8 Å². The molecule has 4 rings (SSSR count). The number of hydrogen-bond donors (Lipinski definition) is 0. The van der Waals surface area contributed by atoms with Crippen molar-refractivity contribution < 1.29 is 9.53 Å². The van der Waals surface area contributed by atoms with Crippen LogP contribution in [0.4, 0.5) is 11.4 Å². The van der Waals surface area contributed by atoms with E-state index in [0.717, 1.165) is 57.9 Å². The molecule has 0 atom stereocenters. The molecule has 6 heteroatoms. The Bertz CT molecular complexity index is 765. The van der Waals surface area contributed by atoms with Crippen LogP contribution in [0.3, 0.4) is 0 Å². The Labute approximate surface area is 166 Å². The van der Waals surface area contributed by atoms with E-state index in [1.165, 1.54) is 11.4 Å². The minimum absolute atomic E-state index is 0.158. The number of pyridine rings is 1. The maximum atomic E-state index is 13.0. The number of benzene rings is 1. The second-order valence-corrected chi connectivity index (χ2v) is 7.48. The second kappa shape index (κ2) is 8.50. The molecular weight excluding hydrogens is 352 g/mol. The zero-order valence-corrected chi connectivity index (χ0v) is 16.5. The van der Waals surface area contributed by atoms with Crippen molar-refractivity contribution in [2.75, 3.05) is 56.2 Å². The molecule has 1 aromatic carbocycles. The molecule has 2 saturated heterocycles. The molecular formula is C22H28N4O2. The van der Waals surface area contributed by atoms with Gasteiger partial charge in [0.05, 0.1) is 7.11 Å². The van der Waals surface area contributed by atoms with Crippen LogP contribution in [-0.4, -0.2) is 62.2 Å². The largest absolute Gasteiger partial charge is 0.497 e. The van der Waals surface area contributed by atoms with Gasteiger partial charge in [0.15, 0.2) is 0 Å². The van der Waals surface area contributed by atoms with Crippen molar-refractivity contribution in [3.8, 4) is 5.75 Å². The number of nitrogens with zero attached hydrogens (tertiary/aromatic N) is 4. The lowest BCUT2D eigenvalue weighted by Gasteiger charge is -2.39. The average molecular weight is 380 g/mol. The van der Waals surface area contributed by atoms with Crippen LogP contribution in [0.25, 0.3) is 0 Å². The summed E-state index contributed by atoms with van der Waals surface area (Å²) in [6, 6.07) is 12.2. The highest BCUT2D eigenvalue weighted by atomic mass is 16.5. The van der Waals surface area contributed by atoms with Crippen LogP contribution in [0.5, 0.6) is 5.75 Å². The highest BCUT2D eigenvalue weighted by Crippen LogP contribution is 2.25. The van der Waals surface area contributed by atoms with Crippen molar-refractivity contribution in [1.29, 1.82) is 0 Å². The van der Waals surface area contributed by atoms with Crippen LogP contribution < -0.4 is 14.5 Å². The number of methoxy groups -OCH3 is 1. The lowest BCUT2D eigenvalue weighted by atomic mass is 9.94. The number of amides is 1. The third kappa shape index (κ3) is 4.06. The first-order chi connectivity index (χ1) is 13.7. The first-order valence-electron chi connectivity index (χ1n) is 10.1. The number of piperazine rings is 1. The van der Waals surface area contributed by atoms with Gasteiger partial charge in [0.25, 0.3) is 0 Å². The lowest BCUT2D eigenvalue weighted by Crippen LogP contribution is -2.51. The molecule has 2 aliphatic rings. The summed E-state index contributed by atoms with van der Waals surface area (Å²) < 4.78 is 5.23. The smallest absolute Gasteiger partial charge is 0.225 e. The quantitative estimate of drug-likeness (QED) is 0.816. The molecule has 148 valence electrons. The van der Waals surface area contributed by atoms with Crippen molar-refractivity contribution in [2.45, 2.75) is 12.8 Å². The Morgan fingerprint density at radius 2 is 1.43 bits per heavy atom. The van der Waals surface area contributed by atoms with Crippen molar-refractivity contribution in [3.63, 3.8) is 0 Å². The molecule has 2 aromatic rings. The van der Waals surface area contributed by atoms with Crippen molar-refractivity contribution in [1.82, 2.24) is 9.88 Å². The Morgan fingerprint density at radius 1 is 0.857 bits per heavy atom. The van der Waals surface area contributed by atoms with Gasteiger partial charge in [0.1, 0.15) is 5.75 Å². The van der Waals surface area contributed by atoms with Crippen molar-refractivity contribution >= 4 is 17.3 Å². The molecule has 1 aromatic heterocycles. The summed E-state index contributed by atoms with van der Waals surface area (Å²) in [5.74, 6) is 1.37. The summed E-state index contributed by atoms with van der Waals surface area (Å²) in [5.41, 5.74) is 2.40. The first kappa shape index (κ1) is 18.6. The number of aromatic nitrogens is 1. The Hall–Kier alpha value is -2.76. The van der Waals surface area contributed by atoms with Crippen molar-refractivity contribution in [2.24, 2.45) is 5.92 Å². The molecule has 28 heavy (non-hydrogen) atoms. The van der Waals surface area contributed by atoms with E-state index in [4.69, 9.17) is 4.74 Å². The molecule has 2 fully saturated rings. The standard InChI is InChI=1S/C22H28N4O2/c1-28-21-4-2-19(3-5-21)25-14-16-26(17-15-25)22(27)18-8-12-24(13-9-18)20-6-10-23-11-7-20/h2-7,10-11,18H,8-9,12-17H2,1H3. The summed E-state index contributed by atoms with van der Waals surface area (Å²) >= 11 is 0. The molecule has 0 aliphatic carbocycles. The lowest BCUT2D eigenvalue weighted by molar-refractivity contribution is -0.136. The molecule has 2 aliphatic heterocycles. The summed E-state index contributed by atoms with van der Waals surface area (Å²) in [6.07, 6.45) is 5.52. The van der Waals surface area contributed by atoms with Gasteiger partial charge in [-0.05, 0) is 49.2 Å². The third-order valence-corrected chi connectivity index (χ3v) is 5.90. The topological polar surface area (TPSA) is 48.9 Å². The number of anilines is 2. The normalized spacial score (nSPS) is 18.2. The number of carbonyl (C=O) groups is 1. The van der Waals surface area contributed by atoms with Crippen LogP contribution in [-0.2, 0) is 4.79 Å². The van der Waals surface area contributed by atoms with E-state index in [9.17, 15) is 4.79 Å². The molecule has 3 heterocycles. The van der Waals surface area contributed by atoms with Gasteiger partial charge < -0.3 is 19.4 Å². The number of ether oxygens (including phenoxy) is 1. The average Bonchev–Trinajstić information content (AvgIpc) is 2.79. The predicted octanol–water partition coefficient (Wildman–Crippen LogP) is 2.66. The molecule has 0 radical (unpaired) electrons. The van der Waals surface area contributed by atoms with Crippen LogP contribution in [0.15, 0.2) is 48.8 Å². The molecule has 0 spiro atoms. The summed E-state index contributed by atoms with van der Waals surface area (Å²) in [4.78, 5) is 23.8. The maximum absolute atomic E-state index is 13.0. The predicted molar refractivity (Wildman–Crippen MR) is 111 cm³/mol. The van der Waals surface area contributed by atoms with E-state index in [2.05, 4.69) is 31.8 Å². The fourth-order valence-electron chi connectivity index (χ4n) is 4.18. The monoisotopic (exact) mass is 380 g/mol. The highest BCUT2D eigenvalue weighted by Gasteiger charge is 2.30. The molecule has 1 amide bonds. The number of hydrogen-bond acceptors (Lipinski definition) is 5. The van der Waals surface area contributed by atoms with E-state index < -0.39 is 0 Å².